The van der Waals surface area contributed by atoms with Crippen LogP contribution in [-0.4, -0.2) is 5.78 Å². The Morgan fingerprint density at radius 1 is 1.73 bits per heavy atom. The molecule has 0 aliphatic heterocycles. The standard InChI is InChI=1S/C10H16O/c1-3-8(2)9-5-4-6-10(11)7-9/h3,8-9H,1,4-7H2,2H3/t8-,9+/m1/s1. The average molecular weight is 152 g/mol. The molecule has 0 amide bonds. The zero-order valence-electron chi connectivity index (χ0n) is 7.18. The summed E-state index contributed by atoms with van der Waals surface area (Å²) in [6.45, 7) is 5.90. The SMILES string of the molecule is C=C[C@@H](C)[C@H]1CCCC(=O)C1. The lowest BCUT2D eigenvalue weighted by Gasteiger charge is -2.24. The Bertz CT molecular complexity index is 160. The lowest BCUT2D eigenvalue weighted by Crippen LogP contribution is -2.19. The maximum absolute atomic E-state index is 11.1. The molecule has 1 rings (SSSR count). The second kappa shape index (κ2) is 3.70. The molecule has 0 radical (unpaired) electrons. The molecule has 1 aliphatic carbocycles. The number of hydrogen-bond acceptors (Lipinski definition) is 1. The minimum absolute atomic E-state index is 0.440. The fourth-order valence-electron chi connectivity index (χ4n) is 1.70. The number of allylic oxidation sites excluding steroid dienone is 1. The number of carbonyl (C=O) groups excluding carboxylic acids is 1. The quantitative estimate of drug-likeness (QED) is 0.556. The van der Waals surface area contributed by atoms with Crippen LogP contribution >= 0.6 is 0 Å². The number of ketones is 1. The molecule has 1 nitrogen and oxygen atoms in total. The van der Waals surface area contributed by atoms with E-state index in [1.807, 2.05) is 6.08 Å². The van der Waals surface area contributed by atoms with Crippen LogP contribution in [0.1, 0.15) is 32.6 Å². The van der Waals surface area contributed by atoms with E-state index in [4.69, 9.17) is 0 Å². The zero-order chi connectivity index (χ0) is 8.27. The van der Waals surface area contributed by atoms with E-state index in [9.17, 15) is 4.79 Å². The van der Waals surface area contributed by atoms with Crippen molar-refractivity contribution < 1.29 is 4.79 Å². The molecule has 0 heterocycles. The van der Waals surface area contributed by atoms with Crippen LogP contribution in [0.2, 0.25) is 0 Å². The second-order valence-electron chi connectivity index (χ2n) is 3.49. The van der Waals surface area contributed by atoms with E-state index >= 15 is 0 Å². The van der Waals surface area contributed by atoms with Gasteiger partial charge in [-0.15, -0.1) is 6.58 Å². The molecule has 0 bridgehead atoms. The molecule has 1 saturated carbocycles. The predicted molar refractivity (Wildman–Crippen MR) is 46.3 cm³/mol. The van der Waals surface area contributed by atoms with Crippen molar-refractivity contribution in [2.24, 2.45) is 11.8 Å². The van der Waals surface area contributed by atoms with Gasteiger partial charge in [0.1, 0.15) is 5.78 Å². The highest BCUT2D eigenvalue weighted by Crippen LogP contribution is 2.28. The third-order valence-corrected chi connectivity index (χ3v) is 2.64. The van der Waals surface area contributed by atoms with Crippen molar-refractivity contribution in [1.82, 2.24) is 0 Å². The second-order valence-corrected chi connectivity index (χ2v) is 3.49. The van der Waals surface area contributed by atoms with Crippen molar-refractivity contribution in [3.05, 3.63) is 12.7 Å². The number of carbonyl (C=O) groups is 1. The van der Waals surface area contributed by atoms with Gasteiger partial charge in [-0.25, -0.2) is 0 Å². The van der Waals surface area contributed by atoms with Crippen LogP contribution in [0.5, 0.6) is 0 Å². The monoisotopic (exact) mass is 152 g/mol. The Morgan fingerprint density at radius 2 is 2.45 bits per heavy atom. The third-order valence-electron chi connectivity index (χ3n) is 2.64. The van der Waals surface area contributed by atoms with E-state index in [1.54, 1.807) is 0 Å². The van der Waals surface area contributed by atoms with Crippen LogP contribution in [0.3, 0.4) is 0 Å². The summed E-state index contributed by atoms with van der Waals surface area (Å²) in [6, 6.07) is 0. The van der Waals surface area contributed by atoms with Crippen molar-refractivity contribution in [3.63, 3.8) is 0 Å². The highest BCUT2D eigenvalue weighted by atomic mass is 16.1. The molecule has 1 fully saturated rings. The van der Waals surface area contributed by atoms with Crippen molar-refractivity contribution in [1.29, 1.82) is 0 Å². The Balaban J connectivity index is 2.45. The topological polar surface area (TPSA) is 17.1 Å². The fraction of sp³-hybridized carbons (Fsp3) is 0.700. The minimum atomic E-state index is 0.440. The Labute approximate surface area is 68.5 Å². The van der Waals surface area contributed by atoms with E-state index in [-0.39, 0.29) is 0 Å². The van der Waals surface area contributed by atoms with Gasteiger partial charge in [-0.1, -0.05) is 13.0 Å². The average Bonchev–Trinajstić information content (AvgIpc) is 2.03. The Kier molecular flexibility index (Phi) is 2.86. The Hall–Kier alpha value is -0.590. The van der Waals surface area contributed by atoms with Crippen LogP contribution < -0.4 is 0 Å². The lowest BCUT2D eigenvalue weighted by atomic mass is 9.80. The van der Waals surface area contributed by atoms with Crippen LogP contribution in [0.15, 0.2) is 12.7 Å². The van der Waals surface area contributed by atoms with Gasteiger partial charge in [-0.05, 0) is 24.7 Å². The smallest absolute Gasteiger partial charge is 0.133 e. The summed E-state index contributed by atoms with van der Waals surface area (Å²) in [5.41, 5.74) is 0. The van der Waals surface area contributed by atoms with Crippen LogP contribution in [0.25, 0.3) is 0 Å². The maximum Gasteiger partial charge on any atom is 0.133 e. The van der Waals surface area contributed by atoms with Gasteiger partial charge in [-0.3, -0.25) is 4.79 Å². The van der Waals surface area contributed by atoms with Gasteiger partial charge >= 0.3 is 0 Å². The predicted octanol–water partition coefficient (Wildman–Crippen LogP) is 2.57. The summed E-state index contributed by atoms with van der Waals surface area (Å²) in [7, 11) is 0. The van der Waals surface area contributed by atoms with Crippen molar-refractivity contribution in [2.75, 3.05) is 0 Å². The van der Waals surface area contributed by atoms with Gasteiger partial charge in [-0.2, -0.15) is 0 Å². The number of rotatable bonds is 2. The van der Waals surface area contributed by atoms with Gasteiger partial charge < -0.3 is 0 Å². The van der Waals surface area contributed by atoms with E-state index in [2.05, 4.69) is 13.5 Å². The Morgan fingerprint density at radius 3 is 3.00 bits per heavy atom. The van der Waals surface area contributed by atoms with E-state index in [0.717, 1.165) is 19.3 Å². The van der Waals surface area contributed by atoms with Gasteiger partial charge in [0.15, 0.2) is 0 Å². The van der Waals surface area contributed by atoms with Crippen LogP contribution in [0.4, 0.5) is 0 Å². The summed E-state index contributed by atoms with van der Waals surface area (Å²) in [5.74, 6) is 1.53. The molecule has 11 heavy (non-hydrogen) atoms. The molecule has 0 aromatic carbocycles. The zero-order valence-corrected chi connectivity index (χ0v) is 7.18. The molecule has 62 valence electrons. The normalized spacial score (nSPS) is 28.1. The largest absolute Gasteiger partial charge is 0.300 e. The van der Waals surface area contributed by atoms with E-state index < -0.39 is 0 Å². The number of Topliss-reactive ketones (excluding diaryl/α,β-unsaturated/α-hetero) is 1. The first-order chi connectivity index (χ1) is 5.24. The molecule has 0 N–H and O–H groups in total. The van der Waals surface area contributed by atoms with Gasteiger partial charge in [0.05, 0.1) is 0 Å². The molecule has 2 atom stereocenters. The number of hydrogen-bond donors (Lipinski definition) is 0. The van der Waals surface area contributed by atoms with Gasteiger partial charge in [0.25, 0.3) is 0 Å². The van der Waals surface area contributed by atoms with Gasteiger partial charge in [0.2, 0.25) is 0 Å². The first kappa shape index (κ1) is 8.51. The molecule has 0 saturated heterocycles. The highest BCUT2D eigenvalue weighted by molar-refractivity contribution is 5.79. The molecular formula is C10H16O. The summed E-state index contributed by atoms with van der Waals surface area (Å²) in [6.07, 6.45) is 5.84. The van der Waals surface area contributed by atoms with Gasteiger partial charge in [0, 0.05) is 12.8 Å². The molecule has 0 aromatic rings. The van der Waals surface area contributed by atoms with Crippen molar-refractivity contribution in [3.8, 4) is 0 Å². The summed E-state index contributed by atoms with van der Waals surface area (Å²) < 4.78 is 0. The minimum Gasteiger partial charge on any atom is -0.300 e. The molecular weight excluding hydrogens is 136 g/mol. The summed E-state index contributed by atoms with van der Waals surface area (Å²) >= 11 is 0. The van der Waals surface area contributed by atoms with Crippen molar-refractivity contribution >= 4 is 5.78 Å². The summed E-state index contributed by atoms with van der Waals surface area (Å²) in [4.78, 5) is 11.1. The van der Waals surface area contributed by atoms with Crippen molar-refractivity contribution in [2.45, 2.75) is 32.6 Å². The van der Waals surface area contributed by atoms with Crippen LogP contribution in [0, 0.1) is 11.8 Å². The molecule has 1 heteroatoms. The molecule has 0 aromatic heterocycles. The first-order valence-electron chi connectivity index (χ1n) is 4.38. The first-order valence-corrected chi connectivity index (χ1v) is 4.38. The summed E-state index contributed by atoms with van der Waals surface area (Å²) in [5, 5.41) is 0. The third kappa shape index (κ3) is 2.18. The van der Waals surface area contributed by atoms with Crippen LogP contribution in [-0.2, 0) is 4.79 Å². The lowest BCUT2D eigenvalue weighted by molar-refractivity contribution is -0.121. The highest BCUT2D eigenvalue weighted by Gasteiger charge is 2.22. The molecule has 1 aliphatic rings. The fourth-order valence-corrected chi connectivity index (χ4v) is 1.70. The molecule has 0 unspecified atom stereocenters. The maximum atomic E-state index is 11.1. The van der Waals surface area contributed by atoms with E-state index in [0.29, 0.717) is 17.6 Å². The molecule has 0 spiro atoms. The van der Waals surface area contributed by atoms with E-state index in [1.165, 1.54) is 6.42 Å².